The molecule has 0 N–H and O–H groups in total. The summed E-state index contributed by atoms with van der Waals surface area (Å²) in [7, 11) is 2.20. The van der Waals surface area contributed by atoms with E-state index in [1.165, 1.54) is 5.56 Å². The second-order valence-electron chi connectivity index (χ2n) is 7.92. The van der Waals surface area contributed by atoms with Gasteiger partial charge in [0, 0.05) is 38.1 Å². The van der Waals surface area contributed by atoms with Gasteiger partial charge in [-0.05, 0) is 57.0 Å². The molecule has 2 aliphatic heterocycles. The molecule has 26 heavy (non-hydrogen) atoms. The van der Waals surface area contributed by atoms with Crippen LogP contribution in [0.5, 0.6) is 0 Å². The Bertz CT molecular complexity index is 707. The Morgan fingerprint density at radius 2 is 2.12 bits per heavy atom. The molecule has 0 amide bonds. The fourth-order valence-corrected chi connectivity index (χ4v) is 4.27. The van der Waals surface area contributed by atoms with Crippen LogP contribution < -0.4 is 0 Å². The van der Waals surface area contributed by atoms with Crippen LogP contribution in [-0.4, -0.2) is 53.2 Å². The van der Waals surface area contributed by atoms with Crippen molar-refractivity contribution >= 4 is 0 Å². The maximum atomic E-state index is 6.35. The van der Waals surface area contributed by atoms with Crippen molar-refractivity contribution < 1.29 is 9.15 Å². The summed E-state index contributed by atoms with van der Waals surface area (Å²) in [5.74, 6) is 2.06. The number of rotatable bonds is 5. The first-order valence-corrected chi connectivity index (χ1v) is 9.63. The molecular weight excluding hydrogens is 326 g/mol. The molecule has 1 unspecified atom stereocenters. The monoisotopic (exact) mass is 355 g/mol. The molecular formula is C21H29N3O2. The smallest absolute Gasteiger partial charge is 0.118 e. The summed E-state index contributed by atoms with van der Waals surface area (Å²) in [4.78, 5) is 9.13. The average Bonchev–Trinajstić information content (AvgIpc) is 3.25. The van der Waals surface area contributed by atoms with Crippen LogP contribution in [0.1, 0.15) is 36.3 Å². The van der Waals surface area contributed by atoms with Crippen LogP contribution in [0, 0.1) is 6.92 Å². The Balaban J connectivity index is 1.28. The number of likely N-dealkylation sites (tertiary alicyclic amines) is 1. The van der Waals surface area contributed by atoms with E-state index in [1.807, 2.05) is 31.5 Å². The van der Waals surface area contributed by atoms with E-state index in [4.69, 9.17) is 9.15 Å². The van der Waals surface area contributed by atoms with Gasteiger partial charge >= 0.3 is 0 Å². The molecule has 0 bridgehead atoms. The maximum absolute atomic E-state index is 6.35. The highest BCUT2D eigenvalue weighted by Gasteiger charge is 2.43. The molecule has 1 spiro atoms. The summed E-state index contributed by atoms with van der Waals surface area (Å²) in [5, 5.41) is 0. The van der Waals surface area contributed by atoms with E-state index < -0.39 is 0 Å². The van der Waals surface area contributed by atoms with Gasteiger partial charge in [-0.25, -0.2) is 0 Å². The third-order valence-electron chi connectivity index (χ3n) is 5.91. The predicted molar refractivity (Wildman–Crippen MR) is 101 cm³/mol. The van der Waals surface area contributed by atoms with Gasteiger partial charge in [0.15, 0.2) is 0 Å². The van der Waals surface area contributed by atoms with Gasteiger partial charge in [-0.15, -0.1) is 0 Å². The number of ether oxygens (including phenoxy) is 1. The van der Waals surface area contributed by atoms with Gasteiger partial charge in [-0.1, -0.05) is 6.07 Å². The Kier molecular flexibility index (Phi) is 5.11. The number of nitrogens with zero attached hydrogens (tertiary/aromatic N) is 3. The molecule has 2 aromatic rings. The van der Waals surface area contributed by atoms with Crippen LogP contribution in [0.4, 0.5) is 0 Å². The largest absolute Gasteiger partial charge is 0.465 e. The van der Waals surface area contributed by atoms with Crippen molar-refractivity contribution in [2.45, 2.75) is 50.9 Å². The van der Waals surface area contributed by atoms with E-state index in [0.29, 0.717) is 6.04 Å². The lowest BCUT2D eigenvalue weighted by molar-refractivity contribution is -0.0461. The zero-order valence-electron chi connectivity index (χ0n) is 15.9. The molecule has 2 aromatic heterocycles. The third kappa shape index (κ3) is 4.00. The van der Waals surface area contributed by atoms with Crippen molar-refractivity contribution in [3.8, 4) is 0 Å². The molecule has 1 atom stereocenters. The topological polar surface area (TPSA) is 41.7 Å². The van der Waals surface area contributed by atoms with Gasteiger partial charge in [-0.2, -0.15) is 0 Å². The van der Waals surface area contributed by atoms with E-state index in [0.717, 1.165) is 63.6 Å². The minimum absolute atomic E-state index is 0.0729. The molecule has 5 nitrogen and oxygen atoms in total. The van der Waals surface area contributed by atoms with Crippen LogP contribution in [0.15, 0.2) is 41.1 Å². The second-order valence-corrected chi connectivity index (χ2v) is 7.92. The highest BCUT2D eigenvalue weighted by Crippen LogP contribution is 2.38. The van der Waals surface area contributed by atoms with Crippen molar-refractivity contribution in [3.63, 3.8) is 0 Å². The summed E-state index contributed by atoms with van der Waals surface area (Å²) in [6, 6.07) is 8.78. The SMILES string of the molecule is Cc1ccc(CN2CCC3(CC2)CC(N(C)Cc2cccnc2)CO3)o1. The number of hydrogen-bond acceptors (Lipinski definition) is 5. The summed E-state index contributed by atoms with van der Waals surface area (Å²) in [6.45, 7) is 6.85. The Morgan fingerprint density at radius 3 is 2.81 bits per heavy atom. The zero-order chi connectivity index (χ0) is 18.0. The molecule has 0 radical (unpaired) electrons. The lowest BCUT2D eigenvalue weighted by Gasteiger charge is -2.38. The van der Waals surface area contributed by atoms with Crippen LogP contribution in [0.3, 0.4) is 0 Å². The fraction of sp³-hybridized carbons (Fsp3) is 0.571. The predicted octanol–water partition coefficient (Wildman–Crippen LogP) is 3.24. The molecule has 0 saturated carbocycles. The van der Waals surface area contributed by atoms with Gasteiger partial charge in [0.1, 0.15) is 11.5 Å². The van der Waals surface area contributed by atoms with Crippen LogP contribution in [0.25, 0.3) is 0 Å². The van der Waals surface area contributed by atoms with E-state index in [-0.39, 0.29) is 5.60 Å². The number of aryl methyl sites for hydroxylation is 1. The molecule has 0 aliphatic carbocycles. The van der Waals surface area contributed by atoms with Crippen molar-refractivity contribution in [2.24, 2.45) is 0 Å². The van der Waals surface area contributed by atoms with Gasteiger partial charge in [0.25, 0.3) is 0 Å². The van der Waals surface area contributed by atoms with Crippen LogP contribution in [0.2, 0.25) is 0 Å². The first-order valence-electron chi connectivity index (χ1n) is 9.63. The molecule has 0 aromatic carbocycles. The van der Waals surface area contributed by atoms with Gasteiger partial charge in [0.05, 0.1) is 18.8 Å². The van der Waals surface area contributed by atoms with E-state index in [1.54, 1.807) is 0 Å². The Labute approximate surface area is 156 Å². The van der Waals surface area contributed by atoms with Crippen molar-refractivity contribution in [3.05, 3.63) is 53.7 Å². The van der Waals surface area contributed by atoms with Crippen molar-refractivity contribution in [1.82, 2.24) is 14.8 Å². The minimum Gasteiger partial charge on any atom is -0.465 e. The summed E-state index contributed by atoms with van der Waals surface area (Å²) >= 11 is 0. The van der Waals surface area contributed by atoms with Gasteiger partial charge < -0.3 is 9.15 Å². The normalized spacial score (nSPS) is 23.1. The highest BCUT2D eigenvalue weighted by atomic mass is 16.5. The Hall–Kier alpha value is -1.69. The average molecular weight is 355 g/mol. The molecule has 2 aliphatic rings. The number of hydrogen-bond donors (Lipinski definition) is 0. The molecule has 2 fully saturated rings. The first kappa shape index (κ1) is 17.7. The summed E-state index contributed by atoms with van der Waals surface area (Å²) in [5.41, 5.74) is 1.34. The minimum atomic E-state index is 0.0729. The van der Waals surface area contributed by atoms with Crippen molar-refractivity contribution in [2.75, 3.05) is 26.7 Å². The number of furan rings is 1. The van der Waals surface area contributed by atoms with Gasteiger partial charge in [-0.3, -0.25) is 14.8 Å². The van der Waals surface area contributed by atoms with Gasteiger partial charge in [0.2, 0.25) is 0 Å². The van der Waals surface area contributed by atoms with E-state index >= 15 is 0 Å². The summed E-state index contributed by atoms with van der Waals surface area (Å²) in [6.07, 6.45) is 7.15. The number of aromatic nitrogens is 1. The lowest BCUT2D eigenvalue weighted by atomic mass is 9.87. The number of pyridine rings is 1. The molecule has 2 saturated heterocycles. The van der Waals surface area contributed by atoms with Crippen LogP contribution >= 0.6 is 0 Å². The zero-order valence-corrected chi connectivity index (χ0v) is 15.9. The van der Waals surface area contributed by atoms with Crippen LogP contribution in [-0.2, 0) is 17.8 Å². The third-order valence-corrected chi connectivity index (χ3v) is 5.91. The maximum Gasteiger partial charge on any atom is 0.118 e. The lowest BCUT2D eigenvalue weighted by Crippen LogP contribution is -2.44. The number of piperidine rings is 1. The van der Waals surface area contributed by atoms with E-state index in [2.05, 4.69) is 34.0 Å². The fourth-order valence-electron chi connectivity index (χ4n) is 4.27. The van der Waals surface area contributed by atoms with Crippen molar-refractivity contribution in [1.29, 1.82) is 0 Å². The second kappa shape index (κ2) is 7.51. The molecule has 4 rings (SSSR count). The molecule has 140 valence electrons. The van der Waals surface area contributed by atoms with E-state index in [9.17, 15) is 0 Å². The standard InChI is InChI=1S/C21H29N3O2/c1-17-5-6-20(26-17)15-24-10-7-21(8-11-24)12-19(16-25-21)23(2)14-18-4-3-9-22-13-18/h3-6,9,13,19H,7-8,10-12,14-16H2,1-2H3. The Morgan fingerprint density at radius 1 is 1.27 bits per heavy atom. The molecule has 5 heteroatoms. The summed E-state index contributed by atoms with van der Waals surface area (Å²) < 4.78 is 12.1. The number of likely N-dealkylation sites (N-methyl/N-ethyl adjacent to an activating group) is 1. The quantitative estimate of drug-likeness (QED) is 0.824. The molecule has 4 heterocycles. The first-order chi connectivity index (χ1) is 12.6. The highest BCUT2D eigenvalue weighted by molar-refractivity contribution is 5.09.